The smallest absolute Gasteiger partial charge is 0.410 e. The van der Waals surface area contributed by atoms with Crippen LogP contribution in [0.3, 0.4) is 0 Å². The molecule has 1 heterocycles. The lowest BCUT2D eigenvalue weighted by Crippen LogP contribution is -2.59. The molecule has 1 aliphatic heterocycles. The van der Waals surface area contributed by atoms with Crippen LogP contribution in [-0.2, 0) is 19.1 Å². The molecule has 18 heavy (non-hydrogen) atoms. The zero-order valence-electron chi connectivity index (χ0n) is 11.0. The molecule has 2 amide bonds. The van der Waals surface area contributed by atoms with Crippen LogP contribution in [0.15, 0.2) is 0 Å². The number of amides is 2. The average Bonchev–Trinajstić information content (AvgIpc) is 2.24. The third-order valence-corrected chi connectivity index (χ3v) is 2.21. The summed E-state index contributed by atoms with van der Waals surface area (Å²) in [6.07, 6.45) is -0.619. The van der Waals surface area contributed by atoms with Crippen LogP contribution in [0.5, 0.6) is 0 Å². The Kier molecular flexibility index (Phi) is 4.15. The van der Waals surface area contributed by atoms with Gasteiger partial charge in [-0.3, -0.25) is 9.69 Å². The first kappa shape index (κ1) is 14.3. The highest BCUT2D eigenvalue weighted by atomic mass is 16.6. The van der Waals surface area contributed by atoms with Gasteiger partial charge in [-0.25, -0.2) is 9.59 Å². The molecule has 0 aromatic heterocycles. The van der Waals surface area contributed by atoms with E-state index in [4.69, 9.17) is 4.74 Å². The molecule has 0 spiro atoms. The molecular weight excluding hydrogens is 240 g/mol. The van der Waals surface area contributed by atoms with Crippen LogP contribution < -0.4 is 5.32 Å². The number of ether oxygens (including phenoxy) is 2. The molecule has 1 fully saturated rings. The molecule has 1 N–H and O–H groups in total. The Hall–Kier alpha value is -1.79. The second kappa shape index (κ2) is 5.24. The number of carbonyl (C=O) groups excluding carboxylic acids is 3. The van der Waals surface area contributed by atoms with Crippen molar-refractivity contribution in [2.75, 3.05) is 20.2 Å². The summed E-state index contributed by atoms with van der Waals surface area (Å²) < 4.78 is 9.68. The zero-order chi connectivity index (χ0) is 13.9. The van der Waals surface area contributed by atoms with Gasteiger partial charge in [0.25, 0.3) is 0 Å². The Morgan fingerprint density at radius 3 is 2.50 bits per heavy atom. The predicted octanol–water partition coefficient (Wildman–Crippen LogP) is -0.105. The Morgan fingerprint density at radius 1 is 1.39 bits per heavy atom. The van der Waals surface area contributed by atoms with Crippen LogP contribution in [0.1, 0.15) is 20.8 Å². The zero-order valence-corrected chi connectivity index (χ0v) is 11.0. The number of nitrogens with one attached hydrogen (secondary N) is 1. The van der Waals surface area contributed by atoms with E-state index in [-0.39, 0.29) is 13.1 Å². The normalized spacial score (nSPS) is 20.1. The molecule has 0 aromatic rings. The number of rotatable bonds is 1. The molecule has 1 saturated heterocycles. The van der Waals surface area contributed by atoms with E-state index in [2.05, 4.69) is 10.1 Å². The van der Waals surface area contributed by atoms with E-state index in [0.717, 1.165) is 0 Å². The van der Waals surface area contributed by atoms with Gasteiger partial charge in [0, 0.05) is 0 Å². The summed E-state index contributed by atoms with van der Waals surface area (Å²) in [5, 5.41) is 2.45. The Bertz CT molecular complexity index is 361. The number of nitrogens with zero attached hydrogens (tertiary/aromatic N) is 1. The maximum Gasteiger partial charge on any atom is 0.410 e. The summed E-state index contributed by atoms with van der Waals surface area (Å²) in [5.74, 6) is -1.00. The molecule has 0 radical (unpaired) electrons. The third kappa shape index (κ3) is 3.90. The molecule has 1 atom stereocenters. The fourth-order valence-corrected chi connectivity index (χ4v) is 1.49. The van der Waals surface area contributed by atoms with E-state index in [9.17, 15) is 14.4 Å². The van der Waals surface area contributed by atoms with Crippen molar-refractivity contribution >= 4 is 18.0 Å². The van der Waals surface area contributed by atoms with Crippen molar-refractivity contribution in [3.8, 4) is 0 Å². The van der Waals surface area contributed by atoms with Crippen LogP contribution >= 0.6 is 0 Å². The van der Waals surface area contributed by atoms with E-state index in [0.29, 0.717) is 0 Å². The number of carbonyl (C=O) groups is 3. The van der Waals surface area contributed by atoms with E-state index in [1.807, 2.05) is 0 Å². The number of esters is 1. The fourth-order valence-electron chi connectivity index (χ4n) is 1.49. The van der Waals surface area contributed by atoms with Crippen LogP contribution in [0.4, 0.5) is 4.79 Å². The molecule has 1 unspecified atom stereocenters. The summed E-state index contributed by atoms with van der Waals surface area (Å²) in [4.78, 5) is 35.7. The van der Waals surface area contributed by atoms with Crippen molar-refractivity contribution in [1.82, 2.24) is 10.2 Å². The summed E-state index contributed by atoms with van der Waals surface area (Å²) in [5.41, 5.74) is -0.647. The summed E-state index contributed by atoms with van der Waals surface area (Å²) in [6, 6.07) is -0.844. The highest BCUT2D eigenvalue weighted by molar-refractivity contribution is 5.89. The summed E-state index contributed by atoms with van der Waals surface area (Å²) in [7, 11) is 1.22. The number of piperazine rings is 1. The molecule has 0 bridgehead atoms. The molecule has 0 aliphatic carbocycles. The summed E-state index contributed by atoms with van der Waals surface area (Å²) >= 11 is 0. The largest absolute Gasteiger partial charge is 0.467 e. The number of hydrogen-bond donors (Lipinski definition) is 1. The Labute approximate surface area is 105 Å². The quantitative estimate of drug-likeness (QED) is 0.664. The van der Waals surface area contributed by atoms with Crippen molar-refractivity contribution < 1.29 is 23.9 Å². The van der Waals surface area contributed by atoms with Crippen molar-refractivity contribution in [1.29, 1.82) is 0 Å². The van der Waals surface area contributed by atoms with Gasteiger partial charge in [0.05, 0.1) is 13.7 Å². The lowest BCUT2D eigenvalue weighted by atomic mass is 10.2. The third-order valence-electron chi connectivity index (χ3n) is 2.21. The highest BCUT2D eigenvalue weighted by Crippen LogP contribution is 2.12. The molecule has 1 rings (SSSR count). The minimum atomic E-state index is -0.844. The first-order valence-corrected chi connectivity index (χ1v) is 5.58. The topological polar surface area (TPSA) is 84.9 Å². The minimum Gasteiger partial charge on any atom is -0.467 e. The molecular formula is C11H18N2O5. The van der Waals surface area contributed by atoms with Gasteiger partial charge in [0.2, 0.25) is 5.91 Å². The first-order valence-electron chi connectivity index (χ1n) is 5.58. The minimum absolute atomic E-state index is 0.0489. The molecule has 7 nitrogen and oxygen atoms in total. The number of methoxy groups -OCH3 is 1. The molecule has 0 saturated carbocycles. The Balaban J connectivity index is 2.69. The second-order valence-corrected chi connectivity index (χ2v) is 5.00. The van der Waals surface area contributed by atoms with Crippen molar-refractivity contribution in [3.63, 3.8) is 0 Å². The number of hydrogen-bond acceptors (Lipinski definition) is 5. The molecule has 102 valence electrons. The van der Waals surface area contributed by atoms with Gasteiger partial charge in [0.1, 0.15) is 18.2 Å². The van der Waals surface area contributed by atoms with Crippen LogP contribution in [0.2, 0.25) is 0 Å². The van der Waals surface area contributed by atoms with Gasteiger partial charge in [-0.1, -0.05) is 0 Å². The van der Waals surface area contributed by atoms with Gasteiger partial charge in [-0.2, -0.15) is 0 Å². The van der Waals surface area contributed by atoms with Gasteiger partial charge < -0.3 is 14.8 Å². The lowest BCUT2D eigenvalue weighted by Gasteiger charge is -2.32. The van der Waals surface area contributed by atoms with Crippen LogP contribution in [-0.4, -0.2) is 54.7 Å². The van der Waals surface area contributed by atoms with Crippen molar-refractivity contribution in [2.24, 2.45) is 0 Å². The van der Waals surface area contributed by atoms with Gasteiger partial charge in [-0.05, 0) is 20.8 Å². The lowest BCUT2D eigenvalue weighted by molar-refractivity contribution is -0.147. The van der Waals surface area contributed by atoms with E-state index in [1.165, 1.54) is 12.0 Å². The maximum atomic E-state index is 11.8. The van der Waals surface area contributed by atoms with E-state index in [1.54, 1.807) is 20.8 Å². The van der Waals surface area contributed by atoms with Crippen LogP contribution in [0, 0.1) is 0 Å². The SMILES string of the molecule is COC(=O)C1CN(C(=O)OC(C)(C)C)CC(=O)N1. The summed E-state index contributed by atoms with van der Waals surface area (Å²) in [6.45, 7) is 5.11. The maximum absolute atomic E-state index is 11.8. The van der Waals surface area contributed by atoms with Gasteiger partial charge in [-0.15, -0.1) is 0 Å². The monoisotopic (exact) mass is 258 g/mol. The van der Waals surface area contributed by atoms with Crippen molar-refractivity contribution in [3.05, 3.63) is 0 Å². The van der Waals surface area contributed by atoms with E-state index < -0.39 is 29.6 Å². The predicted molar refractivity (Wildman–Crippen MR) is 61.8 cm³/mol. The van der Waals surface area contributed by atoms with E-state index >= 15 is 0 Å². The Morgan fingerprint density at radius 2 is 2.00 bits per heavy atom. The molecule has 7 heteroatoms. The molecule has 1 aliphatic rings. The average molecular weight is 258 g/mol. The first-order chi connectivity index (χ1) is 8.23. The second-order valence-electron chi connectivity index (χ2n) is 5.00. The van der Waals surface area contributed by atoms with Gasteiger partial charge in [0.15, 0.2) is 0 Å². The van der Waals surface area contributed by atoms with Crippen LogP contribution in [0.25, 0.3) is 0 Å². The van der Waals surface area contributed by atoms with Gasteiger partial charge >= 0.3 is 12.1 Å². The standard InChI is InChI=1S/C11H18N2O5/c1-11(2,3)18-10(16)13-5-7(9(15)17-4)12-8(14)6-13/h7H,5-6H2,1-4H3,(H,12,14). The fraction of sp³-hybridized carbons (Fsp3) is 0.727. The van der Waals surface area contributed by atoms with Crippen molar-refractivity contribution in [2.45, 2.75) is 32.4 Å². The highest BCUT2D eigenvalue weighted by Gasteiger charge is 2.34. The molecule has 0 aromatic carbocycles.